The molecule has 1 amide bonds. The smallest absolute Gasteiger partial charge is 0.247 e. The van der Waals surface area contributed by atoms with E-state index < -0.39 is 0 Å². The summed E-state index contributed by atoms with van der Waals surface area (Å²) in [6, 6.07) is 10.7. The Balaban J connectivity index is 1.31. The average molecular weight is 379 g/mol. The van der Waals surface area contributed by atoms with Crippen molar-refractivity contribution in [1.82, 2.24) is 20.3 Å². The summed E-state index contributed by atoms with van der Waals surface area (Å²) in [5.41, 5.74) is 1.47. The number of furan rings is 1. The first-order chi connectivity index (χ1) is 13.7. The molecule has 28 heavy (non-hydrogen) atoms. The Morgan fingerprint density at radius 2 is 1.96 bits per heavy atom. The van der Waals surface area contributed by atoms with E-state index in [1.54, 1.807) is 24.3 Å². The number of anilines is 1. The van der Waals surface area contributed by atoms with Crippen molar-refractivity contribution in [3.8, 4) is 23.0 Å². The molecule has 0 saturated heterocycles. The number of nitrogens with zero attached hydrogens (tertiary/aromatic N) is 4. The molecule has 0 aliphatic rings. The van der Waals surface area contributed by atoms with Crippen LogP contribution in [0.5, 0.6) is 0 Å². The quantitative estimate of drug-likeness (QED) is 0.518. The van der Waals surface area contributed by atoms with Crippen LogP contribution in [0.25, 0.3) is 23.0 Å². The molecule has 4 aromatic rings. The van der Waals surface area contributed by atoms with Crippen molar-refractivity contribution >= 4 is 11.6 Å². The minimum absolute atomic E-state index is 0.156. The van der Waals surface area contributed by atoms with E-state index in [0.717, 1.165) is 5.56 Å². The third-order valence-electron chi connectivity index (χ3n) is 3.96. The lowest BCUT2D eigenvalue weighted by Crippen LogP contribution is -2.12. The summed E-state index contributed by atoms with van der Waals surface area (Å²) in [6.07, 6.45) is 2.76. The Hall–Kier alpha value is -3.75. The monoisotopic (exact) mass is 379 g/mol. The van der Waals surface area contributed by atoms with Crippen molar-refractivity contribution in [1.29, 1.82) is 0 Å². The summed E-state index contributed by atoms with van der Waals surface area (Å²) in [5.74, 6) is 2.15. The zero-order valence-corrected chi connectivity index (χ0v) is 15.1. The summed E-state index contributed by atoms with van der Waals surface area (Å²) in [4.78, 5) is 16.4. The first-order valence-corrected chi connectivity index (χ1v) is 8.80. The number of aromatic nitrogens is 4. The van der Waals surface area contributed by atoms with Crippen LogP contribution in [-0.4, -0.2) is 26.2 Å². The van der Waals surface area contributed by atoms with Gasteiger partial charge in [0.1, 0.15) is 0 Å². The zero-order chi connectivity index (χ0) is 19.3. The van der Waals surface area contributed by atoms with Crippen LogP contribution in [0.2, 0.25) is 0 Å². The van der Waals surface area contributed by atoms with E-state index in [9.17, 15) is 4.79 Å². The van der Waals surface area contributed by atoms with Crippen LogP contribution < -0.4 is 5.32 Å². The molecule has 0 aliphatic heterocycles. The molecule has 9 nitrogen and oxygen atoms in total. The average Bonchev–Trinajstić information content (AvgIpc) is 3.48. The number of amides is 1. The van der Waals surface area contributed by atoms with Gasteiger partial charge in [-0.3, -0.25) is 4.79 Å². The van der Waals surface area contributed by atoms with Gasteiger partial charge in [-0.2, -0.15) is 4.98 Å². The van der Waals surface area contributed by atoms with Gasteiger partial charge in [0, 0.05) is 30.5 Å². The number of aryl methyl sites for hydroxylation is 2. The summed E-state index contributed by atoms with van der Waals surface area (Å²) < 4.78 is 15.9. The Kier molecular flexibility index (Phi) is 4.96. The van der Waals surface area contributed by atoms with E-state index in [4.69, 9.17) is 13.4 Å². The van der Waals surface area contributed by atoms with Gasteiger partial charge in [-0.15, -0.1) is 10.2 Å². The van der Waals surface area contributed by atoms with Crippen molar-refractivity contribution in [2.45, 2.75) is 26.2 Å². The third kappa shape index (κ3) is 3.98. The Morgan fingerprint density at radius 1 is 1.11 bits per heavy atom. The fourth-order valence-electron chi connectivity index (χ4n) is 2.52. The predicted octanol–water partition coefficient (Wildman–Crippen LogP) is 3.51. The molecule has 0 atom stereocenters. The molecule has 0 aliphatic carbocycles. The van der Waals surface area contributed by atoms with Crippen molar-refractivity contribution in [3.05, 3.63) is 54.4 Å². The molecular formula is C19H17N5O4. The summed E-state index contributed by atoms with van der Waals surface area (Å²) in [5, 5.41) is 14.6. The van der Waals surface area contributed by atoms with E-state index in [0.29, 0.717) is 47.8 Å². The molecule has 0 bridgehead atoms. The fourth-order valence-corrected chi connectivity index (χ4v) is 2.52. The van der Waals surface area contributed by atoms with Gasteiger partial charge in [-0.1, -0.05) is 12.1 Å². The highest BCUT2D eigenvalue weighted by atomic mass is 16.5. The number of nitrogens with one attached hydrogen (secondary N) is 1. The highest BCUT2D eigenvalue weighted by Gasteiger charge is 2.13. The standard InChI is InChI=1S/C19H17N5O4/c1-2-16-22-23-19(27-16)12-5-7-13(8-6-12)20-15(25)9-10-17-21-18(24-28-17)14-4-3-11-26-14/h3-8,11H,2,9-10H2,1H3,(H,20,25). The van der Waals surface area contributed by atoms with Gasteiger partial charge in [0.05, 0.1) is 6.26 Å². The lowest BCUT2D eigenvalue weighted by Gasteiger charge is -2.04. The van der Waals surface area contributed by atoms with Gasteiger partial charge in [-0.05, 0) is 36.4 Å². The van der Waals surface area contributed by atoms with Crippen molar-refractivity contribution in [3.63, 3.8) is 0 Å². The lowest BCUT2D eigenvalue weighted by molar-refractivity contribution is -0.116. The maximum absolute atomic E-state index is 12.2. The molecular weight excluding hydrogens is 362 g/mol. The number of carbonyl (C=O) groups excluding carboxylic acids is 1. The van der Waals surface area contributed by atoms with Crippen molar-refractivity contribution in [2.24, 2.45) is 0 Å². The van der Waals surface area contributed by atoms with Crippen molar-refractivity contribution in [2.75, 3.05) is 5.32 Å². The van der Waals surface area contributed by atoms with Crippen LogP contribution in [0.1, 0.15) is 25.1 Å². The molecule has 0 unspecified atom stereocenters. The molecule has 142 valence electrons. The predicted molar refractivity (Wildman–Crippen MR) is 98.1 cm³/mol. The second kappa shape index (κ2) is 7.87. The second-order valence-electron chi connectivity index (χ2n) is 5.97. The van der Waals surface area contributed by atoms with Crippen LogP contribution in [0, 0.1) is 0 Å². The lowest BCUT2D eigenvalue weighted by atomic mass is 10.2. The zero-order valence-electron chi connectivity index (χ0n) is 15.1. The molecule has 0 spiro atoms. The van der Waals surface area contributed by atoms with Crippen LogP contribution in [0.15, 0.2) is 56.0 Å². The molecule has 1 aromatic carbocycles. The maximum Gasteiger partial charge on any atom is 0.247 e. The summed E-state index contributed by atoms with van der Waals surface area (Å²) in [7, 11) is 0. The highest BCUT2D eigenvalue weighted by molar-refractivity contribution is 5.91. The van der Waals surface area contributed by atoms with Crippen LogP contribution in [-0.2, 0) is 17.6 Å². The Morgan fingerprint density at radius 3 is 2.68 bits per heavy atom. The maximum atomic E-state index is 12.2. The van der Waals surface area contributed by atoms with Gasteiger partial charge in [-0.25, -0.2) is 0 Å². The van der Waals surface area contributed by atoms with Crippen LogP contribution in [0.3, 0.4) is 0 Å². The molecule has 0 saturated carbocycles. The van der Waals surface area contributed by atoms with Gasteiger partial charge in [0.2, 0.25) is 29.4 Å². The number of benzene rings is 1. The van der Waals surface area contributed by atoms with E-state index in [-0.39, 0.29) is 12.3 Å². The van der Waals surface area contributed by atoms with Gasteiger partial charge in [0.25, 0.3) is 0 Å². The van der Waals surface area contributed by atoms with Crippen LogP contribution >= 0.6 is 0 Å². The van der Waals surface area contributed by atoms with Crippen LogP contribution in [0.4, 0.5) is 5.69 Å². The molecule has 3 heterocycles. The molecule has 0 radical (unpaired) electrons. The minimum atomic E-state index is -0.156. The Bertz CT molecular complexity index is 1050. The highest BCUT2D eigenvalue weighted by Crippen LogP contribution is 2.21. The fraction of sp³-hybridized carbons (Fsp3) is 0.211. The van der Waals surface area contributed by atoms with E-state index >= 15 is 0 Å². The number of hydrogen-bond donors (Lipinski definition) is 1. The van der Waals surface area contributed by atoms with Crippen molar-refractivity contribution < 1.29 is 18.2 Å². The SMILES string of the molecule is CCc1nnc(-c2ccc(NC(=O)CCc3nc(-c4ccco4)no3)cc2)o1. The molecule has 1 N–H and O–H groups in total. The number of hydrogen-bond acceptors (Lipinski definition) is 8. The van der Waals surface area contributed by atoms with E-state index in [2.05, 4.69) is 25.7 Å². The van der Waals surface area contributed by atoms with Gasteiger partial charge < -0.3 is 18.7 Å². The summed E-state index contributed by atoms with van der Waals surface area (Å²) in [6.45, 7) is 1.95. The Labute approximate surface area is 159 Å². The van der Waals surface area contributed by atoms with E-state index in [1.807, 2.05) is 19.1 Å². The van der Waals surface area contributed by atoms with Gasteiger partial charge in [0.15, 0.2) is 5.76 Å². The van der Waals surface area contributed by atoms with E-state index in [1.165, 1.54) is 6.26 Å². The third-order valence-corrected chi connectivity index (χ3v) is 3.96. The van der Waals surface area contributed by atoms with Gasteiger partial charge >= 0.3 is 0 Å². The number of rotatable bonds is 7. The molecule has 4 rings (SSSR count). The first-order valence-electron chi connectivity index (χ1n) is 8.80. The largest absolute Gasteiger partial charge is 0.461 e. The minimum Gasteiger partial charge on any atom is -0.461 e. The summed E-state index contributed by atoms with van der Waals surface area (Å²) >= 11 is 0. The first kappa shape index (κ1) is 17.7. The topological polar surface area (TPSA) is 120 Å². The molecule has 0 fully saturated rings. The molecule has 3 aromatic heterocycles. The second-order valence-corrected chi connectivity index (χ2v) is 5.97. The molecule has 9 heteroatoms. The normalized spacial score (nSPS) is 10.9. The number of carbonyl (C=O) groups is 1.